The summed E-state index contributed by atoms with van der Waals surface area (Å²) in [5.41, 5.74) is -0.303. The smallest absolute Gasteiger partial charge is 0.340 e. The number of oxazole rings is 1. The Hall–Kier alpha value is -1.50. The number of H-pyrrole nitrogens is 2. The van der Waals surface area contributed by atoms with Crippen LogP contribution in [0.4, 0.5) is 0 Å². The van der Waals surface area contributed by atoms with Crippen LogP contribution in [0, 0.1) is 0 Å². The van der Waals surface area contributed by atoms with Gasteiger partial charge >= 0.3 is 5.69 Å². The maximum absolute atomic E-state index is 10.6. The molecule has 0 aromatic carbocycles. The van der Waals surface area contributed by atoms with Crippen molar-refractivity contribution in [2.75, 3.05) is 0 Å². The van der Waals surface area contributed by atoms with Crippen molar-refractivity contribution in [3.05, 3.63) is 28.8 Å². The van der Waals surface area contributed by atoms with Crippen LogP contribution in [0.15, 0.2) is 26.9 Å². The Morgan fingerprint density at radius 3 is 3.15 bits per heavy atom. The van der Waals surface area contributed by atoms with Gasteiger partial charge < -0.3 is 4.42 Å². The standard InChI is InChI=1S/C6H6N4O2S/c11-5-8-4(9-10-5)3-13-6-7-1-2-12-6/h1-2H,3H2,(H2,8,9,10,11). The topological polar surface area (TPSA) is 87.6 Å². The molecule has 0 unspecified atom stereocenters. The highest BCUT2D eigenvalue weighted by Gasteiger charge is 2.02. The first-order valence-electron chi connectivity index (χ1n) is 3.50. The van der Waals surface area contributed by atoms with Crippen LogP contribution in [0.5, 0.6) is 0 Å². The zero-order chi connectivity index (χ0) is 9.10. The van der Waals surface area contributed by atoms with Gasteiger partial charge in [-0.15, -0.1) is 0 Å². The first-order valence-corrected chi connectivity index (χ1v) is 4.49. The summed E-state index contributed by atoms with van der Waals surface area (Å²) in [5.74, 6) is 1.10. The van der Waals surface area contributed by atoms with Crippen molar-refractivity contribution < 1.29 is 4.42 Å². The fraction of sp³-hybridized carbons (Fsp3) is 0.167. The molecule has 68 valence electrons. The maximum atomic E-state index is 10.6. The highest BCUT2D eigenvalue weighted by molar-refractivity contribution is 7.98. The Kier molecular flexibility index (Phi) is 2.17. The lowest BCUT2D eigenvalue weighted by Crippen LogP contribution is -2.00. The summed E-state index contributed by atoms with van der Waals surface area (Å²) in [5, 5.41) is 6.56. The minimum absolute atomic E-state index is 0.303. The van der Waals surface area contributed by atoms with Gasteiger partial charge in [0.25, 0.3) is 5.22 Å². The summed E-state index contributed by atoms with van der Waals surface area (Å²) in [6.45, 7) is 0. The van der Waals surface area contributed by atoms with Crippen molar-refractivity contribution in [1.29, 1.82) is 0 Å². The van der Waals surface area contributed by atoms with Gasteiger partial charge in [-0.25, -0.2) is 14.9 Å². The van der Waals surface area contributed by atoms with Gasteiger partial charge in [-0.2, -0.15) is 5.10 Å². The number of aromatic nitrogens is 4. The van der Waals surface area contributed by atoms with E-state index in [0.29, 0.717) is 16.8 Å². The second-order valence-electron chi connectivity index (χ2n) is 2.21. The van der Waals surface area contributed by atoms with Crippen molar-refractivity contribution in [3.63, 3.8) is 0 Å². The summed E-state index contributed by atoms with van der Waals surface area (Å²) in [6.07, 6.45) is 3.06. The Bertz CT molecular complexity index is 418. The largest absolute Gasteiger partial charge is 0.440 e. The predicted octanol–water partition coefficient (Wildman–Crippen LogP) is 0.378. The van der Waals surface area contributed by atoms with E-state index in [2.05, 4.69) is 20.2 Å². The minimum Gasteiger partial charge on any atom is -0.440 e. The van der Waals surface area contributed by atoms with Gasteiger partial charge in [-0.3, -0.25) is 4.98 Å². The quantitative estimate of drug-likeness (QED) is 0.696. The van der Waals surface area contributed by atoms with Crippen LogP contribution < -0.4 is 5.69 Å². The Balaban J connectivity index is 1.97. The van der Waals surface area contributed by atoms with Crippen molar-refractivity contribution in [1.82, 2.24) is 20.2 Å². The van der Waals surface area contributed by atoms with Gasteiger partial charge in [-0.1, -0.05) is 11.8 Å². The van der Waals surface area contributed by atoms with Crippen molar-refractivity contribution in [3.8, 4) is 0 Å². The van der Waals surface area contributed by atoms with Crippen molar-refractivity contribution in [2.45, 2.75) is 11.0 Å². The average molecular weight is 198 g/mol. The second kappa shape index (κ2) is 3.48. The summed E-state index contributed by atoms with van der Waals surface area (Å²) >= 11 is 1.36. The lowest BCUT2D eigenvalue weighted by Gasteiger charge is -1.89. The van der Waals surface area contributed by atoms with E-state index in [9.17, 15) is 4.79 Å². The van der Waals surface area contributed by atoms with Crippen LogP contribution in [0.25, 0.3) is 0 Å². The fourth-order valence-electron chi connectivity index (χ4n) is 0.785. The van der Waals surface area contributed by atoms with Crippen LogP contribution in [-0.4, -0.2) is 20.2 Å². The molecule has 0 saturated carbocycles. The number of thioether (sulfide) groups is 1. The zero-order valence-electron chi connectivity index (χ0n) is 6.48. The fourth-order valence-corrected chi connectivity index (χ4v) is 1.44. The number of nitrogens with one attached hydrogen (secondary N) is 2. The van der Waals surface area contributed by atoms with E-state index < -0.39 is 0 Å². The molecule has 2 rings (SSSR count). The molecule has 0 aliphatic carbocycles. The van der Waals surface area contributed by atoms with Gasteiger partial charge in [0.2, 0.25) is 0 Å². The third-order valence-electron chi connectivity index (χ3n) is 1.29. The van der Waals surface area contributed by atoms with Crippen LogP contribution in [-0.2, 0) is 5.75 Å². The van der Waals surface area contributed by atoms with E-state index in [1.54, 1.807) is 6.20 Å². The van der Waals surface area contributed by atoms with E-state index in [-0.39, 0.29) is 5.69 Å². The summed E-state index contributed by atoms with van der Waals surface area (Å²) < 4.78 is 4.98. The molecule has 0 fully saturated rings. The molecule has 6 nitrogen and oxygen atoms in total. The molecular weight excluding hydrogens is 192 g/mol. The number of aromatic amines is 2. The second-order valence-corrected chi connectivity index (χ2v) is 3.14. The van der Waals surface area contributed by atoms with Crippen LogP contribution in [0.3, 0.4) is 0 Å². The molecule has 7 heteroatoms. The zero-order valence-corrected chi connectivity index (χ0v) is 7.30. The number of nitrogens with zero attached hydrogens (tertiary/aromatic N) is 2. The molecule has 0 aliphatic heterocycles. The first kappa shape index (κ1) is 8.11. The third-order valence-corrected chi connectivity index (χ3v) is 2.16. The Morgan fingerprint density at radius 2 is 2.54 bits per heavy atom. The van der Waals surface area contributed by atoms with Crippen LogP contribution in [0.1, 0.15) is 5.82 Å². The number of hydrogen-bond acceptors (Lipinski definition) is 5. The minimum atomic E-state index is -0.303. The van der Waals surface area contributed by atoms with Crippen molar-refractivity contribution in [2.24, 2.45) is 0 Å². The summed E-state index contributed by atoms with van der Waals surface area (Å²) in [7, 11) is 0. The van der Waals surface area contributed by atoms with E-state index >= 15 is 0 Å². The molecule has 0 spiro atoms. The van der Waals surface area contributed by atoms with E-state index in [1.165, 1.54) is 18.0 Å². The third kappa shape index (κ3) is 2.00. The number of hydrogen-bond donors (Lipinski definition) is 2. The average Bonchev–Trinajstić information content (AvgIpc) is 2.71. The maximum Gasteiger partial charge on any atom is 0.340 e. The molecule has 0 amide bonds. The van der Waals surface area contributed by atoms with E-state index in [1.807, 2.05) is 0 Å². The summed E-state index contributed by atoms with van der Waals surface area (Å²) in [4.78, 5) is 17.1. The Labute approximate surface area is 76.8 Å². The van der Waals surface area contributed by atoms with Gasteiger partial charge in [-0.05, 0) is 0 Å². The van der Waals surface area contributed by atoms with Gasteiger partial charge in [0, 0.05) is 0 Å². The lowest BCUT2D eigenvalue weighted by molar-refractivity contribution is 0.454. The van der Waals surface area contributed by atoms with Gasteiger partial charge in [0.1, 0.15) is 12.1 Å². The molecular formula is C6H6N4O2S. The van der Waals surface area contributed by atoms with Gasteiger partial charge in [0.05, 0.1) is 11.9 Å². The van der Waals surface area contributed by atoms with Gasteiger partial charge in [0.15, 0.2) is 0 Å². The first-order chi connectivity index (χ1) is 6.34. The SMILES string of the molecule is O=c1[nH]nc(CSc2ncco2)[nH]1. The molecule has 0 atom stereocenters. The normalized spacial score (nSPS) is 10.5. The molecule has 13 heavy (non-hydrogen) atoms. The lowest BCUT2D eigenvalue weighted by atomic mass is 10.7. The predicted molar refractivity (Wildman–Crippen MR) is 45.3 cm³/mol. The molecule has 2 aromatic heterocycles. The molecule has 0 saturated heterocycles. The number of rotatable bonds is 3. The monoisotopic (exact) mass is 198 g/mol. The molecule has 0 bridgehead atoms. The van der Waals surface area contributed by atoms with E-state index in [4.69, 9.17) is 4.42 Å². The summed E-state index contributed by atoms with van der Waals surface area (Å²) in [6, 6.07) is 0. The molecule has 2 heterocycles. The molecule has 0 aliphatic rings. The van der Waals surface area contributed by atoms with Crippen molar-refractivity contribution >= 4 is 11.8 Å². The highest BCUT2D eigenvalue weighted by atomic mass is 32.2. The highest BCUT2D eigenvalue weighted by Crippen LogP contribution is 2.17. The molecule has 2 aromatic rings. The van der Waals surface area contributed by atoms with Crippen LogP contribution in [0.2, 0.25) is 0 Å². The molecule has 2 N–H and O–H groups in total. The van der Waals surface area contributed by atoms with E-state index in [0.717, 1.165) is 0 Å². The molecule has 0 radical (unpaired) electrons. The van der Waals surface area contributed by atoms with Crippen LogP contribution >= 0.6 is 11.8 Å². The Morgan fingerprint density at radius 1 is 1.62 bits per heavy atom.